The molecule has 0 atom stereocenters. The van der Waals surface area contributed by atoms with Gasteiger partial charge in [-0.3, -0.25) is 4.99 Å². The quantitative estimate of drug-likeness (QED) is 0.563. The van der Waals surface area contributed by atoms with Crippen molar-refractivity contribution < 1.29 is 18.6 Å². The van der Waals surface area contributed by atoms with Crippen molar-refractivity contribution in [3.05, 3.63) is 41.9 Å². The molecule has 0 saturated carbocycles. The van der Waals surface area contributed by atoms with Crippen molar-refractivity contribution in [2.45, 2.75) is 13.0 Å². The number of nitrogens with one attached hydrogen (secondary N) is 2. The predicted molar refractivity (Wildman–Crippen MR) is 96.7 cm³/mol. The summed E-state index contributed by atoms with van der Waals surface area (Å²) in [6.07, 6.45) is 2.45. The van der Waals surface area contributed by atoms with Crippen LogP contribution in [0.3, 0.4) is 0 Å². The third-order valence-corrected chi connectivity index (χ3v) is 3.72. The van der Waals surface area contributed by atoms with Gasteiger partial charge in [-0.05, 0) is 12.1 Å². The molecule has 25 heavy (non-hydrogen) atoms. The molecule has 136 valence electrons. The number of guanidine groups is 1. The topological polar surface area (TPSA) is 77.3 Å². The molecule has 0 unspecified atom stereocenters. The molecule has 0 saturated heterocycles. The molecule has 1 aromatic carbocycles. The second-order valence-electron chi connectivity index (χ2n) is 5.19. The summed E-state index contributed by atoms with van der Waals surface area (Å²) in [4.78, 5) is 4.22. The normalized spacial score (nSPS) is 11.1. The van der Waals surface area contributed by atoms with Crippen LogP contribution in [0, 0.1) is 0 Å². The molecule has 0 radical (unpaired) electrons. The summed E-state index contributed by atoms with van der Waals surface area (Å²) < 4.78 is 21.5. The Balaban J connectivity index is 1.98. The van der Waals surface area contributed by atoms with Crippen LogP contribution < -0.4 is 24.8 Å². The molecule has 2 aromatic rings. The molecule has 0 aliphatic carbocycles. The largest absolute Gasteiger partial charge is 0.496 e. The number of furan rings is 1. The molecule has 0 fully saturated rings. The van der Waals surface area contributed by atoms with Crippen LogP contribution in [0.5, 0.6) is 17.2 Å². The molecule has 1 heterocycles. The third kappa shape index (κ3) is 5.07. The van der Waals surface area contributed by atoms with Crippen LogP contribution in [0.2, 0.25) is 0 Å². The van der Waals surface area contributed by atoms with E-state index in [2.05, 4.69) is 15.6 Å². The van der Waals surface area contributed by atoms with E-state index < -0.39 is 0 Å². The molecule has 0 aliphatic rings. The Morgan fingerprint density at radius 3 is 2.32 bits per heavy atom. The van der Waals surface area contributed by atoms with Crippen LogP contribution in [-0.2, 0) is 13.0 Å². The number of methoxy groups -OCH3 is 3. The Morgan fingerprint density at radius 1 is 1.08 bits per heavy atom. The van der Waals surface area contributed by atoms with Gasteiger partial charge in [0, 0.05) is 32.1 Å². The lowest BCUT2D eigenvalue weighted by molar-refractivity contribution is 0.368. The highest BCUT2D eigenvalue weighted by Gasteiger charge is 2.13. The monoisotopic (exact) mass is 347 g/mol. The first-order chi connectivity index (χ1) is 12.2. The maximum Gasteiger partial charge on any atom is 0.191 e. The van der Waals surface area contributed by atoms with Gasteiger partial charge in [-0.1, -0.05) is 0 Å². The van der Waals surface area contributed by atoms with Crippen LogP contribution in [0.15, 0.2) is 39.9 Å². The van der Waals surface area contributed by atoms with E-state index >= 15 is 0 Å². The van der Waals surface area contributed by atoms with Gasteiger partial charge in [0.15, 0.2) is 5.96 Å². The summed E-state index contributed by atoms with van der Waals surface area (Å²) in [5, 5.41) is 6.51. The smallest absolute Gasteiger partial charge is 0.191 e. The van der Waals surface area contributed by atoms with Gasteiger partial charge in [0.2, 0.25) is 0 Å². The van der Waals surface area contributed by atoms with Crippen molar-refractivity contribution in [2.75, 3.05) is 34.9 Å². The van der Waals surface area contributed by atoms with E-state index in [9.17, 15) is 0 Å². The van der Waals surface area contributed by atoms with Crippen molar-refractivity contribution in [2.24, 2.45) is 4.99 Å². The van der Waals surface area contributed by atoms with Gasteiger partial charge >= 0.3 is 0 Å². The zero-order chi connectivity index (χ0) is 18.1. The van der Waals surface area contributed by atoms with Crippen molar-refractivity contribution in [3.8, 4) is 17.2 Å². The molecule has 7 heteroatoms. The predicted octanol–water partition coefficient (Wildman–Crippen LogP) is 2.21. The molecule has 0 bridgehead atoms. The van der Waals surface area contributed by atoms with Crippen LogP contribution in [0.25, 0.3) is 0 Å². The highest BCUT2D eigenvalue weighted by molar-refractivity contribution is 5.79. The second-order valence-corrected chi connectivity index (χ2v) is 5.19. The molecule has 7 nitrogen and oxygen atoms in total. The maximum atomic E-state index is 5.45. The highest BCUT2D eigenvalue weighted by Crippen LogP contribution is 2.33. The van der Waals surface area contributed by atoms with Gasteiger partial charge in [-0.2, -0.15) is 0 Å². The summed E-state index contributed by atoms with van der Waals surface area (Å²) in [6, 6.07) is 7.48. The van der Waals surface area contributed by atoms with E-state index in [1.807, 2.05) is 24.3 Å². The van der Waals surface area contributed by atoms with Gasteiger partial charge in [0.25, 0.3) is 0 Å². The Kier molecular flexibility index (Phi) is 7.00. The minimum atomic E-state index is 0.497. The summed E-state index contributed by atoms with van der Waals surface area (Å²) >= 11 is 0. The SMILES string of the molecule is CN=C(NCCc1ccco1)NCc1c(OC)cc(OC)cc1OC. The minimum absolute atomic E-state index is 0.497. The molecule has 0 aliphatic heterocycles. The molecular formula is C18H25N3O4. The number of hydrogen-bond acceptors (Lipinski definition) is 5. The average Bonchev–Trinajstić information content (AvgIpc) is 3.17. The lowest BCUT2D eigenvalue weighted by Gasteiger charge is -2.17. The van der Waals surface area contributed by atoms with E-state index in [1.165, 1.54) is 0 Å². The summed E-state index contributed by atoms with van der Waals surface area (Å²) in [6.45, 7) is 1.21. The van der Waals surface area contributed by atoms with E-state index in [0.29, 0.717) is 36.3 Å². The number of aliphatic imine (C=N–C) groups is 1. The Bertz CT molecular complexity index is 659. The fraction of sp³-hybridized carbons (Fsp3) is 0.389. The van der Waals surface area contributed by atoms with Crippen molar-refractivity contribution in [1.82, 2.24) is 10.6 Å². The number of nitrogens with zero attached hydrogens (tertiary/aromatic N) is 1. The van der Waals surface area contributed by atoms with Crippen LogP contribution in [0.1, 0.15) is 11.3 Å². The standard InChI is InChI=1S/C18H25N3O4/c1-19-18(20-8-7-13-6-5-9-25-13)21-12-15-16(23-3)10-14(22-2)11-17(15)24-4/h5-6,9-11H,7-8,12H2,1-4H3,(H2,19,20,21). The maximum absolute atomic E-state index is 5.45. The molecule has 0 spiro atoms. The second kappa shape index (κ2) is 9.46. The van der Waals surface area contributed by atoms with Crippen molar-refractivity contribution in [1.29, 1.82) is 0 Å². The van der Waals surface area contributed by atoms with Crippen molar-refractivity contribution in [3.63, 3.8) is 0 Å². The fourth-order valence-corrected chi connectivity index (χ4v) is 2.40. The third-order valence-electron chi connectivity index (χ3n) is 3.72. The van der Waals surface area contributed by atoms with Crippen molar-refractivity contribution >= 4 is 5.96 Å². The first kappa shape index (κ1) is 18.5. The van der Waals surface area contributed by atoms with E-state index in [-0.39, 0.29) is 0 Å². The number of ether oxygens (including phenoxy) is 3. The van der Waals surface area contributed by atoms with Gasteiger partial charge in [-0.15, -0.1) is 0 Å². The van der Waals surface area contributed by atoms with Gasteiger partial charge in [0.1, 0.15) is 23.0 Å². The summed E-state index contributed by atoms with van der Waals surface area (Å²) in [5.41, 5.74) is 0.889. The first-order valence-corrected chi connectivity index (χ1v) is 7.97. The molecular weight excluding hydrogens is 322 g/mol. The van der Waals surface area contributed by atoms with Crippen LogP contribution in [0.4, 0.5) is 0 Å². The summed E-state index contributed by atoms with van der Waals surface area (Å²) in [5.74, 6) is 3.68. The van der Waals surface area contributed by atoms with E-state index in [1.54, 1.807) is 34.6 Å². The zero-order valence-corrected chi connectivity index (χ0v) is 15.1. The van der Waals surface area contributed by atoms with Gasteiger partial charge < -0.3 is 29.3 Å². The molecule has 0 amide bonds. The number of benzene rings is 1. The molecule has 2 N–H and O–H groups in total. The Labute approximate surface area is 148 Å². The molecule has 1 aromatic heterocycles. The van der Waals surface area contributed by atoms with Gasteiger partial charge in [0.05, 0.1) is 39.7 Å². The summed E-state index contributed by atoms with van der Waals surface area (Å²) in [7, 11) is 6.57. The van der Waals surface area contributed by atoms with Gasteiger partial charge in [-0.25, -0.2) is 0 Å². The van der Waals surface area contributed by atoms with E-state index in [0.717, 1.165) is 17.7 Å². The lowest BCUT2D eigenvalue weighted by Crippen LogP contribution is -2.38. The lowest BCUT2D eigenvalue weighted by atomic mass is 10.1. The van der Waals surface area contributed by atoms with Crippen LogP contribution >= 0.6 is 0 Å². The zero-order valence-electron chi connectivity index (χ0n) is 15.1. The number of hydrogen-bond donors (Lipinski definition) is 2. The van der Waals surface area contributed by atoms with E-state index in [4.69, 9.17) is 18.6 Å². The van der Waals surface area contributed by atoms with Crippen LogP contribution in [-0.4, -0.2) is 40.9 Å². The number of rotatable bonds is 8. The minimum Gasteiger partial charge on any atom is -0.496 e. The Morgan fingerprint density at radius 2 is 1.80 bits per heavy atom. The fourth-order valence-electron chi connectivity index (χ4n) is 2.40. The average molecular weight is 347 g/mol. The Hall–Kier alpha value is -2.83. The highest BCUT2D eigenvalue weighted by atomic mass is 16.5. The molecule has 2 rings (SSSR count). The first-order valence-electron chi connectivity index (χ1n) is 7.97.